The number of aryl methyl sites for hydroxylation is 1. The van der Waals surface area contributed by atoms with E-state index in [0.29, 0.717) is 36.4 Å². The van der Waals surface area contributed by atoms with Crippen molar-refractivity contribution in [3.63, 3.8) is 0 Å². The summed E-state index contributed by atoms with van der Waals surface area (Å²) in [6.07, 6.45) is 3.88. The number of H-pyrrole nitrogens is 1. The van der Waals surface area contributed by atoms with Crippen LogP contribution in [0.25, 0.3) is 12.2 Å². The number of rotatable bonds is 5. The molecule has 0 radical (unpaired) electrons. The van der Waals surface area contributed by atoms with Gasteiger partial charge in [0.1, 0.15) is 11.5 Å². The van der Waals surface area contributed by atoms with Gasteiger partial charge in [0, 0.05) is 19.2 Å². The first-order chi connectivity index (χ1) is 13.7. The molecule has 144 valence electrons. The van der Waals surface area contributed by atoms with Crippen molar-refractivity contribution >= 4 is 35.3 Å². The van der Waals surface area contributed by atoms with Crippen molar-refractivity contribution in [3.05, 3.63) is 53.5 Å². The fraction of sp³-hybridized carbons (Fsp3) is 0.250. The summed E-state index contributed by atoms with van der Waals surface area (Å²) < 4.78 is 5.46. The number of nitrogens with two attached hydrogens (primary N) is 1. The maximum absolute atomic E-state index is 6.42. The zero-order valence-corrected chi connectivity index (χ0v) is 15.7. The van der Waals surface area contributed by atoms with Gasteiger partial charge in [-0.3, -0.25) is 5.10 Å². The molecule has 0 amide bonds. The van der Waals surface area contributed by atoms with Crippen molar-refractivity contribution in [2.45, 2.75) is 6.92 Å². The summed E-state index contributed by atoms with van der Waals surface area (Å²) in [5, 5.41) is 10.3. The second kappa shape index (κ2) is 8.10. The molecule has 4 N–H and O–H groups in total. The van der Waals surface area contributed by atoms with Crippen LogP contribution in [0.15, 0.2) is 36.4 Å². The molecule has 0 unspecified atom stereocenters. The predicted octanol–water partition coefficient (Wildman–Crippen LogP) is 2.84. The Morgan fingerprint density at radius 1 is 1.14 bits per heavy atom. The second-order valence-electron chi connectivity index (χ2n) is 6.56. The van der Waals surface area contributed by atoms with Crippen LogP contribution in [-0.4, -0.2) is 46.5 Å². The maximum atomic E-state index is 6.42. The first-order valence-electron chi connectivity index (χ1n) is 9.21. The molecule has 3 aromatic rings. The number of ether oxygens (including phenoxy) is 1. The molecular formula is C20H23N7O. The molecule has 1 saturated heterocycles. The maximum Gasteiger partial charge on any atom is 0.161 e. The summed E-state index contributed by atoms with van der Waals surface area (Å²) in [5.74, 6) is 2.57. The highest BCUT2D eigenvalue weighted by Crippen LogP contribution is 2.30. The van der Waals surface area contributed by atoms with Crippen LogP contribution in [-0.2, 0) is 4.74 Å². The van der Waals surface area contributed by atoms with Crippen LogP contribution in [0.4, 0.5) is 23.1 Å². The number of hydrogen-bond donors (Lipinski definition) is 3. The number of nitrogen functional groups attached to an aromatic ring is 1. The summed E-state index contributed by atoms with van der Waals surface area (Å²) in [6.45, 7) is 4.71. The molecule has 1 aliphatic heterocycles. The van der Waals surface area contributed by atoms with Crippen LogP contribution in [0, 0.1) is 6.92 Å². The Labute approximate surface area is 163 Å². The third-order valence-corrected chi connectivity index (χ3v) is 4.44. The molecule has 8 heteroatoms. The van der Waals surface area contributed by atoms with Gasteiger partial charge in [0.05, 0.1) is 18.9 Å². The molecule has 0 spiro atoms. The Hall–Kier alpha value is -3.39. The first-order valence-corrected chi connectivity index (χ1v) is 9.21. The third kappa shape index (κ3) is 4.12. The van der Waals surface area contributed by atoms with Gasteiger partial charge >= 0.3 is 0 Å². The molecule has 0 aliphatic carbocycles. The van der Waals surface area contributed by atoms with E-state index in [2.05, 4.69) is 25.4 Å². The number of aromatic amines is 1. The van der Waals surface area contributed by atoms with Crippen molar-refractivity contribution in [1.29, 1.82) is 0 Å². The Bertz CT molecular complexity index is 962. The lowest BCUT2D eigenvalue weighted by atomic mass is 10.2. The Balaban J connectivity index is 1.70. The van der Waals surface area contributed by atoms with Crippen molar-refractivity contribution in [1.82, 2.24) is 20.2 Å². The number of nitrogens with one attached hydrogen (secondary N) is 2. The number of benzene rings is 1. The van der Waals surface area contributed by atoms with Gasteiger partial charge in [-0.15, -0.1) is 0 Å². The van der Waals surface area contributed by atoms with Gasteiger partial charge < -0.3 is 20.7 Å². The van der Waals surface area contributed by atoms with Gasteiger partial charge in [0.15, 0.2) is 17.5 Å². The molecule has 4 rings (SSSR count). The number of aromatic nitrogens is 4. The smallest absolute Gasteiger partial charge is 0.161 e. The molecule has 3 heterocycles. The second-order valence-corrected chi connectivity index (χ2v) is 6.56. The van der Waals surface area contributed by atoms with Gasteiger partial charge in [0.25, 0.3) is 0 Å². The summed E-state index contributed by atoms with van der Waals surface area (Å²) in [4.78, 5) is 11.4. The molecule has 1 fully saturated rings. The predicted molar refractivity (Wildman–Crippen MR) is 111 cm³/mol. The summed E-state index contributed by atoms with van der Waals surface area (Å²) >= 11 is 0. The van der Waals surface area contributed by atoms with Crippen molar-refractivity contribution in [3.8, 4) is 0 Å². The van der Waals surface area contributed by atoms with E-state index in [1.807, 2.05) is 55.5 Å². The normalized spacial score (nSPS) is 14.5. The lowest BCUT2D eigenvalue weighted by Gasteiger charge is -2.29. The Kier molecular flexibility index (Phi) is 5.20. The summed E-state index contributed by atoms with van der Waals surface area (Å²) in [7, 11) is 0. The molecule has 0 saturated carbocycles. The fourth-order valence-electron chi connectivity index (χ4n) is 3.01. The van der Waals surface area contributed by atoms with Crippen LogP contribution in [0.2, 0.25) is 0 Å². The molecule has 2 aromatic heterocycles. The largest absolute Gasteiger partial charge is 0.393 e. The topological polar surface area (TPSA) is 105 Å². The highest BCUT2D eigenvalue weighted by molar-refractivity contribution is 5.80. The van der Waals surface area contributed by atoms with Gasteiger partial charge in [0.2, 0.25) is 0 Å². The average Bonchev–Trinajstić information content (AvgIpc) is 3.14. The van der Waals surface area contributed by atoms with Crippen molar-refractivity contribution < 1.29 is 4.74 Å². The van der Waals surface area contributed by atoms with Crippen LogP contribution in [0.5, 0.6) is 0 Å². The van der Waals surface area contributed by atoms with E-state index in [1.165, 1.54) is 0 Å². The van der Waals surface area contributed by atoms with E-state index in [1.54, 1.807) is 0 Å². The Morgan fingerprint density at radius 2 is 1.93 bits per heavy atom. The molecule has 8 nitrogen and oxygen atoms in total. The van der Waals surface area contributed by atoms with Gasteiger partial charge in [-0.25, -0.2) is 9.97 Å². The molecule has 1 aromatic carbocycles. The van der Waals surface area contributed by atoms with E-state index in [9.17, 15) is 0 Å². The fourth-order valence-corrected chi connectivity index (χ4v) is 3.01. The molecule has 1 aliphatic rings. The van der Waals surface area contributed by atoms with Gasteiger partial charge in [-0.1, -0.05) is 36.4 Å². The lowest BCUT2D eigenvalue weighted by Crippen LogP contribution is -2.37. The summed E-state index contributed by atoms with van der Waals surface area (Å²) in [6, 6.07) is 11.9. The third-order valence-electron chi connectivity index (χ3n) is 4.44. The monoisotopic (exact) mass is 377 g/mol. The number of morpholine rings is 1. The zero-order valence-electron chi connectivity index (χ0n) is 15.7. The standard InChI is InChI=1S/C20H23N7O/c1-14-13-17(26-25-14)23-19-18(21)20(27-9-11-28-12-10-27)24-16(22-19)8-7-15-5-3-2-4-6-15/h2-8,13H,9-12,21H2,1H3,(H2,22,23,24,25,26). The minimum Gasteiger partial charge on any atom is -0.393 e. The van der Waals surface area contributed by atoms with Crippen LogP contribution in [0.1, 0.15) is 17.1 Å². The summed E-state index contributed by atoms with van der Waals surface area (Å²) in [5.41, 5.74) is 8.88. The van der Waals surface area contributed by atoms with Crippen molar-refractivity contribution in [2.24, 2.45) is 0 Å². The van der Waals surface area contributed by atoms with Gasteiger partial charge in [-0.2, -0.15) is 5.10 Å². The van der Waals surface area contributed by atoms with E-state index in [4.69, 9.17) is 15.5 Å². The molecular weight excluding hydrogens is 354 g/mol. The van der Waals surface area contributed by atoms with Crippen LogP contribution in [0.3, 0.4) is 0 Å². The molecule has 0 bridgehead atoms. The van der Waals surface area contributed by atoms with E-state index >= 15 is 0 Å². The molecule has 28 heavy (non-hydrogen) atoms. The SMILES string of the molecule is Cc1cc(Nc2nc(C=Cc3ccccc3)nc(N3CCOCC3)c2N)[nH]n1. The highest BCUT2D eigenvalue weighted by atomic mass is 16.5. The number of nitrogens with zero attached hydrogens (tertiary/aromatic N) is 4. The van der Waals surface area contributed by atoms with Crippen molar-refractivity contribution in [2.75, 3.05) is 42.3 Å². The minimum atomic E-state index is 0.506. The highest BCUT2D eigenvalue weighted by Gasteiger charge is 2.19. The van der Waals surface area contributed by atoms with E-state index < -0.39 is 0 Å². The van der Waals surface area contributed by atoms with Crippen LogP contribution < -0.4 is 16.0 Å². The number of hydrogen-bond acceptors (Lipinski definition) is 7. The molecule has 0 atom stereocenters. The minimum absolute atomic E-state index is 0.506. The van der Waals surface area contributed by atoms with E-state index in [0.717, 1.165) is 30.2 Å². The van der Waals surface area contributed by atoms with E-state index in [-0.39, 0.29) is 0 Å². The van der Waals surface area contributed by atoms with Gasteiger partial charge in [-0.05, 0) is 18.6 Å². The average molecular weight is 377 g/mol. The zero-order chi connectivity index (χ0) is 19.3. The quantitative estimate of drug-likeness (QED) is 0.628. The van der Waals surface area contributed by atoms with Crippen LogP contribution >= 0.6 is 0 Å². The lowest BCUT2D eigenvalue weighted by molar-refractivity contribution is 0.122. The number of anilines is 4. The first kappa shape index (κ1) is 18.0. The Morgan fingerprint density at radius 3 is 2.64 bits per heavy atom.